The van der Waals surface area contributed by atoms with Crippen molar-refractivity contribution in [1.82, 2.24) is 20.2 Å². The van der Waals surface area contributed by atoms with Crippen molar-refractivity contribution in [3.05, 3.63) is 41.1 Å². The predicted octanol–water partition coefficient (Wildman–Crippen LogP) is 2.70. The summed E-state index contributed by atoms with van der Waals surface area (Å²) in [6, 6.07) is 7.60. The average Bonchev–Trinajstić information content (AvgIpc) is 3.16. The number of carbonyl (C=O) groups is 1. The molecule has 3 N–H and O–H groups in total. The van der Waals surface area contributed by atoms with Crippen molar-refractivity contribution in [3.8, 4) is 0 Å². The number of aromatic nitrogens is 2. The summed E-state index contributed by atoms with van der Waals surface area (Å²) >= 11 is 0. The minimum atomic E-state index is -0.0450. The average molecular weight is 368 g/mol. The lowest BCUT2D eigenvalue weighted by Gasteiger charge is -2.15. The minimum absolute atomic E-state index is 0.0450. The van der Waals surface area contributed by atoms with Crippen molar-refractivity contribution in [2.24, 2.45) is 0 Å². The van der Waals surface area contributed by atoms with Crippen LogP contribution in [0.2, 0.25) is 0 Å². The maximum absolute atomic E-state index is 12.6. The van der Waals surface area contributed by atoms with E-state index in [1.165, 1.54) is 12.8 Å². The lowest BCUT2D eigenvalue weighted by Crippen LogP contribution is -2.33. The zero-order chi connectivity index (χ0) is 19.2. The summed E-state index contributed by atoms with van der Waals surface area (Å²) in [7, 11) is 1.82. The first-order valence-electron chi connectivity index (χ1n) is 9.47. The predicted molar refractivity (Wildman–Crippen MR) is 109 cm³/mol. The first-order valence-corrected chi connectivity index (χ1v) is 9.47. The molecule has 0 spiro atoms. The second-order valence-corrected chi connectivity index (χ2v) is 6.93. The number of hydrogen-bond donors (Lipinski definition) is 3. The van der Waals surface area contributed by atoms with Crippen LogP contribution in [0.15, 0.2) is 24.3 Å². The molecule has 0 radical (unpaired) electrons. The van der Waals surface area contributed by atoms with E-state index < -0.39 is 0 Å². The number of hydrogen-bond acceptors (Lipinski definition) is 6. The minimum Gasteiger partial charge on any atom is -0.373 e. The van der Waals surface area contributed by atoms with Crippen LogP contribution in [0.5, 0.6) is 0 Å². The number of nitrogens with zero attached hydrogens (tertiary/aromatic N) is 3. The van der Waals surface area contributed by atoms with Gasteiger partial charge in [0.1, 0.15) is 5.82 Å². The molecule has 7 heteroatoms. The molecule has 0 saturated carbocycles. The monoisotopic (exact) mass is 368 g/mol. The van der Waals surface area contributed by atoms with E-state index in [1.54, 1.807) is 0 Å². The molecule has 0 bridgehead atoms. The zero-order valence-corrected chi connectivity index (χ0v) is 16.3. The van der Waals surface area contributed by atoms with Crippen molar-refractivity contribution in [2.45, 2.75) is 26.7 Å². The van der Waals surface area contributed by atoms with Crippen molar-refractivity contribution in [2.75, 3.05) is 43.9 Å². The largest absolute Gasteiger partial charge is 0.373 e. The Labute approximate surface area is 160 Å². The third kappa shape index (κ3) is 5.17. The van der Waals surface area contributed by atoms with E-state index in [0.717, 1.165) is 42.4 Å². The van der Waals surface area contributed by atoms with Crippen LogP contribution in [0.3, 0.4) is 0 Å². The van der Waals surface area contributed by atoms with Gasteiger partial charge in [-0.2, -0.15) is 4.98 Å². The fourth-order valence-electron chi connectivity index (χ4n) is 3.26. The second kappa shape index (κ2) is 8.81. The summed E-state index contributed by atoms with van der Waals surface area (Å²) in [6.45, 7) is 7.72. The molecule has 1 amide bonds. The lowest BCUT2D eigenvalue weighted by atomic mass is 10.1. The highest BCUT2D eigenvalue weighted by atomic mass is 16.1. The summed E-state index contributed by atoms with van der Waals surface area (Å²) in [5.74, 6) is 1.21. The molecular weight excluding hydrogens is 340 g/mol. The molecule has 0 atom stereocenters. The highest BCUT2D eigenvalue weighted by molar-refractivity contribution is 5.96. The molecule has 27 heavy (non-hydrogen) atoms. The van der Waals surface area contributed by atoms with Gasteiger partial charge in [-0.15, -0.1) is 0 Å². The number of benzene rings is 1. The number of aryl methyl sites for hydroxylation is 2. The maximum atomic E-state index is 12.6. The highest BCUT2D eigenvalue weighted by Crippen LogP contribution is 2.19. The van der Waals surface area contributed by atoms with Gasteiger partial charge in [-0.05, 0) is 57.5 Å². The molecule has 0 unspecified atom stereocenters. The van der Waals surface area contributed by atoms with E-state index in [2.05, 4.69) is 30.8 Å². The molecule has 2 aromatic rings. The van der Waals surface area contributed by atoms with Gasteiger partial charge in [-0.1, -0.05) is 6.07 Å². The molecule has 1 aliphatic heterocycles. The van der Waals surface area contributed by atoms with Gasteiger partial charge in [0.05, 0.1) is 0 Å². The molecule has 7 nitrogen and oxygen atoms in total. The Morgan fingerprint density at radius 1 is 1.15 bits per heavy atom. The fourth-order valence-corrected chi connectivity index (χ4v) is 3.26. The second-order valence-electron chi connectivity index (χ2n) is 6.93. The lowest BCUT2D eigenvalue weighted by molar-refractivity contribution is 0.0949. The molecule has 144 valence electrons. The summed E-state index contributed by atoms with van der Waals surface area (Å²) in [5, 5.41) is 9.25. The van der Waals surface area contributed by atoms with E-state index in [0.29, 0.717) is 18.1 Å². The zero-order valence-electron chi connectivity index (χ0n) is 16.3. The third-order valence-corrected chi connectivity index (χ3v) is 4.76. The van der Waals surface area contributed by atoms with Crippen molar-refractivity contribution in [3.63, 3.8) is 0 Å². The summed E-state index contributed by atoms with van der Waals surface area (Å²) in [6.07, 6.45) is 2.52. The quantitative estimate of drug-likeness (QED) is 0.697. The number of nitrogens with one attached hydrogen (secondary N) is 3. The van der Waals surface area contributed by atoms with Crippen LogP contribution in [0.1, 0.15) is 34.5 Å². The van der Waals surface area contributed by atoms with E-state index in [-0.39, 0.29) is 5.91 Å². The van der Waals surface area contributed by atoms with E-state index in [4.69, 9.17) is 0 Å². The standard InChI is InChI=1S/C20H28N6O/c1-14-6-7-16(24-20-23-15(2)12-18(21-3)25-20)13-17(14)19(27)22-8-11-26-9-4-5-10-26/h6-7,12-13H,4-5,8-11H2,1-3H3,(H,22,27)(H2,21,23,24,25). The Balaban J connectivity index is 1.66. The Bertz CT molecular complexity index is 801. The van der Waals surface area contributed by atoms with Crippen LogP contribution in [-0.2, 0) is 0 Å². The first-order chi connectivity index (χ1) is 13.0. The Hall–Kier alpha value is -2.67. The van der Waals surface area contributed by atoms with Gasteiger partial charge in [-0.3, -0.25) is 4.79 Å². The van der Waals surface area contributed by atoms with E-state index in [1.807, 2.05) is 45.2 Å². The smallest absolute Gasteiger partial charge is 0.251 e. The van der Waals surface area contributed by atoms with E-state index >= 15 is 0 Å². The molecule has 1 aromatic carbocycles. The van der Waals surface area contributed by atoms with Gasteiger partial charge < -0.3 is 20.9 Å². The molecule has 1 fully saturated rings. The number of rotatable bonds is 7. The van der Waals surface area contributed by atoms with Gasteiger partial charge in [-0.25, -0.2) is 4.98 Å². The van der Waals surface area contributed by atoms with Crippen LogP contribution in [0, 0.1) is 13.8 Å². The highest BCUT2D eigenvalue weighted by Gasteiger charge is 2.13. The van der Waals surface area contributed by atoms with Gasteiger partial charge in [0.2, 0.25) is 5.95 Å². The molecule has 0 aliphatic carbocycles. The fraction of sp³-hybridized carbons (Fsp3) is 0.450. The number of amides is 1. The van der Waals surface area contributed by atoms with Crippen LogP contribution in [0.25, 0.3) is 0 Å². The Kier molecular flexibility index (Phi) is 6.24. The number of likely N-dealkylation sites (tertiary alicyclic amines) is 1. The summed E-state index contributed by atoms with van der Waals surface area (Å²) in [4.78, 5) is 23.8. The SMILES string of the molecule is CNc1cc(C)nc(Nc2ccc(C)c(C(=O)NCCN3CCCC3)c2)n1. The topological polar surface area (TPSA) is 82.2 Å². The van der Waals surface area contributed by atoms with Gasteiger partial charge in [0.15, 0.2) is 0 Å². The van der Waals surface area contributed by atoms with Gasteiger partial charge in [0, 0.05) is 43.1 Å². The van der Waals surface area contributed by atoms with Crippen LogP contribution in [-0.4, -0.2) is 54.0 Å². The van der Waals surface area contributed by atoms with Crippen LogP contribution >= 0.6 is 0 Å². The summed E-state index contributed by atoms with van der Waals surface area (Å²) < 4.78 is 0. The van der Waals surface area contributed by atoms with Gasteiger partial charge >= 0.3 is 0 Å². The Morgan fingerprint density at radius 2 is 1.93 bits per heavy atom. The van der Waals surface area contributed by atoms with Crippen LogP contribution < -0.4 is 16.0 Å². The van der Waals surface area contributed by atoms with E-state index in [9.17, 15) is 4.79 Å². The molecular formula is C20H28N6O. The van der Waals surface area contributed by atoms with Crippen molar-refractivity contribution >= 4 is 23.4 Å². The molecule has 2 heterocycles. The summed E-state index contributed by atoms with van der Waals surface area (Å²) in [5.41, 5.74) is 3.27. The molecule has 3 rings (SSSR count). The first kappa shape index (κ1) is 19.1. The normalized spacial score (nSPS) is 14.2. The molecule has 1 aliphatic rings. The van der Waals surface area contributed by atoms with Crippen LogP contribution in [0.4, 0.5) is 17.5 Å². The molecule has 1 aromatic heterocycles. The number of anilines is 3. The number of carbonyl (C=O) groups excluding carboxylic acids is 1. The van der Waals surface area contributed by atoms with Crippen molar-refractivity contribution in [1.29, 1.82) is 0 Å². The van der Waals surface area contributed by atoms with Gasteiger partial charge in [0.25, 0.3) is 5.91 Å². The maximum Gasteiger partial charge on any atom is 0.251 e. The van der Waals surface area contributed by atoms with Crippen molar-refractivity contribution < 1.29 is 4.79 Å². The third-order valence-electron chi connectivity index (χ3n) is 4.76. The molecule has 1 saturated heterocycles. The Morgan fingerprint density at radius 3 is 2.67 bits per heavy atom.